The summed E-state index contributed by atoms with van der Waals surface area (Å²) in [5.41, 5.74) is 0.498. The molecule has 1 rings (SSSR count). The number of aliphatic hydroxyl groups is 1. The van der Waals surface area contributed by atoms with Crippen molar-refractivity contribution < 1.29 is 15.0 Å². The maximum Gasteiger partial charge on any atom is 0.354 e. The molecule has 0 aliphatic carbocycles. The molecule has 1 aromatic heterocycles. The lowest BCUT2D eigenvalue weighted by Gasteiger charge is -2.12. The predicted octanol–water partition coefficient (Wildman–Crippen LogP) is 1.21. The van der Waals surface area contributed by atoms with E-state index in [4.69, 9.17) is 5.11 Å². The fourth-order valence-electron chi connectivity index (χ4n) is 1.45. The molecular formula is C11H15N3O4. The molecule has 0 saturated heterocycles. The highest BCUT2D eigenvalue weighted by Gasteiger charge is 2.10. The minimum absolute atomic E-state index is 0.0594. The van der Waals surface area contributed by atoms with Gasteiger partial charge in [-0.15, -0.1) is 4.91 Å². The first-order chi connectivity index (χ1) is 8.54. The zero-order valence-electron chi connectivity index (χ0n) is 9.98. The number of aromatic carboxylic acids is 1. The Hall–Kier alpha value is -2.02. The highest BCUT2D eigenvalue weighted by atomic mass is 16.4. The van der Waals surface area contributed by atoms with Crippen molar-refractivity contribution in [1.82, 2.24) is 9.99 Å². The quantitative estimate of drug-likeness (QED) is 0.559. The maximum absolute atomic E-state index is 10.6. The van der Waals surface area contributed by atoms with Gasteiger partial charge < -0.3 is 10.2 Å². The summed E-state index contributed by atoms with van der Waals surface area (Å²) in [7, 11) is 1.56. The van der Waals surface area contributed by atoms with Crippen molar-refractivity contribution in [3.05, 3.63) is 34.5 Å². The van der Waals surface area contributed by atoms with Crippen LogP contribution in [0.3, 0.4) is 0 Å². The van der Waals surface area contributed by atoms with Crippen LogP contribution in [0.2, 0.25) is 0 Å². The molecule has 0 bridgehead atoms. The van der Waals surface area contributed by atoms with Gasteiger partial charge in [-0.25, -0.2) is 9.78 Å². The summed E-state index contributed by atoms with van der Waals surface area (Å²) in [5, 5.41) is 22.5. The molecule has 0 aliphatic heterocycles. The molecule has 0 aliphatic rings. The summed E-state index contributed by atoms with van der Waals surface area (Å²) >= 11 is 0. The van der Waals surface area contributed by atoms with E-state index in [1.165, 1.54) is 23.3 Å². The first-order valence-corrected chi connectivity index (χ1v) is 5.46. The van der Waals surface area contributed by atoms with Gasteiger partial charge in [0.2, 0.25) is 0 Å². The second-order valence-corrected chi connectivity index (χ2v) is 3.90. The van der Waals surface area contributed by atoms with Crippen LogP contribution in [-0.2, 0) is 0 Å². The number of nitrogens with zero attached hydrogens (tertiary/aromatic N) is 3. The summed E-state index contributed by atoms with van der Waals surface area (Å²) in [6.07, 6.45) is 1.67. The second-order valence-electron chi connectivity index (χ2n) is 3.90. The monoisotopic (exact) mass is 253 g/mol. The number of hydrogen-bond donors (Lipinski definition) is 2. The van der Waals surface area contributed by atoms with Crippen LogP contribution in [0.1, 0.15) is 35.0 Å². The summed E-state index contributed by atoms with van der Waals surface area (Å²) in [6, 6.07) is 2.88. The number of carbonyl (C=O) groups is 1. The molecular weight excluding hydrogens is 238 g/mol. The number of rotatable bonds is 7. The Morgan fingerprint density at radius 2 is 2.28 bits per heavy atom. The van der Waals surface area contributed by atoms with E-state index >= 15 is 0 Å². The number of nitroso groups, excluding NO2 is 1. The third kappa shape index (κ3) is 4.10. The topological polar surface area (TPSA) is 103 Å². The lowest BCUT2D eigenvalue weighted by Crippen LogP contribution is -2.12. The summed E-state index contributed by atoms with van der Waals surface area (Å²) < 4.78 is 0. The van der Waals surface area contributed by atoms with Crippen molar-refractivity contribution in [1.29, 1.82) is 0 Å². The zero-order valence-corrected chi connectivity index (χ0v) is 9.98. The molecule has 0 spiro atoms. The predicted molar refractivity (Wildman–Crippen MR) is 63.8 cm³/mol. The first-order valence-electron chi connectivity index (χ1n) is 5.46. The summed E-state index contributed by atoms with van der Waals surface area (Å²) in [4.78, 5) is 24.4. The van der Waals surface area contributed by atoms with Gasteiger partial charge in [-0.1, -0.05) is 6.07 Å². The lowest BCUT2D eigenvalue weighted by molar-refractivity contribution is 0.0690. The normalized spacial score (nSPS) is 11.9. The fourth-order valence-corrected chi connectivity index (χ4v) is 1.45. The molecule has 7 nitrogen and oxygen atoms in total. The van der Waals surface area contributed by atoms with Crippen molar-refractivity contribution >= 4 is 5.97 Å². The van der Waals surface area contributed by atoms with E-state index in [1.54, 1.807) is 7.05 Å². The van der Waals surface area contributed by atoms with Crippen LogP contribution in [-0.4, -0.2) is 39.8 Å². The van der Waals surface area contributed by atoms with Gasteiger partial charge in [0.1, 0.15) is 5.69 Å². The van der Waals surface area contributed by atoms with E-state index in [-0.39, 0.29) is 5.69 Å². The SMILES string of the molecule is CN(CCC[C@H](O)c1ccc(C(=O)O)nc1)N=O. The van der Waals surface area contributed by atoms with Gasteiger partial charge >= 0.3 is 5.97 Å². The molecule has 0 saturated carbocycles. The molecule has 7 heteroatoms. The van der Waals surface area contributed by atoms with Crippen molar-refractivity contribution in [3.63, 3.8) is 0 Å². The van der Waals surface area contributed by atoms with Crippen LogP contribution in [0.4, 0.5) is 0 Å². The lowest BCUT2D eigenvalue weighted by atomic mass is 10.1. The Morgan fingerprint density at radius 3 is 2.78 bits per heavy atom. The van der Waals surface area contributed by atoms with Gasteiger partial charge in [0.25, 0.3) is 0 Å². The van der Waals surface area contributed by atoms with E-state index < -0.39 is 12.1 Å². The van der Waals surface area contributed by atoms with Crippen LogP contribution >= 0.6 is 0 Å². The largest absolute Gasteiger partial charge is 0.477 e. The number of aromatic nitrogens is 1. The third-order valence-electron chi connectivity index (χ3n) is 2.49. The minimum atomic E-state index is -1.10. The number of pyridine rings is 1. The highest BCUT2D eigenvalue weighted by Crippen LogP contribution is 2.17. The van der Waals surface area contributed by atoms with E-state index in [1.807, 2.05) is 0 Å². The van der Waals surface area contributed by atoms with E-state index in [0.717, 1.165) is 0 Å². The molecule has 0 radical (unpaired) electrons. The van der Waals surface area contributed by atoms with E-state index in [0.29, 0.717) is 24.9 Å². The van der Waals surface area contributed by atoms with Gasteiger partial charge in [0.15, 0.2) is 0 Å². The molecule has 1 atom stereocenters. The molecule has 2 N–H and O–H groups in total. The van der Waals surface area contributed by atoms with E-state index in [2.05, 4.69) is 10.3 Å². The van der Waals surface area contributed by atoms with Gasteiger partial charge in [-0.3, -0.25) is 5.01 Å². The molecule has 0 fully saturated rings. The van der Waals surface area contributed by atoms with Crippen LogP contribution in [0.5, 0.6) is 0 Å². The number of hydrogen-bond acceptors (Lipinski definition) is 5. The Balaban J connectivity index is 2.48. The first kappa shape index (κ1) is 14.0. The van der Waals surface area contributed by atoms with Gasteiger partial charge in [0.05, 0.1) is 11.4 Å². The molecule has 1 heterocycles. The Morgan fingerprint density at radius 1 is 1.56 bits per heavy atom. The Bertz CT molecular complexity index is 407. The highest BCUT2D eigenvalue weighted by molar-refractivity contribution is 5.85. The van der Waals surface area contributed by atoms with Gasteiger partial charge in [-0.2, -0.15) is 0 Å². The van der Waals surface area contributed by atoms with Crippen LogP contribution < -0.4 is 0 Å². The zero-order chi connectivity index (χ0) is 13.5. The Kier molecular flexibility index (Phi) is 5.19. The van der Waals surface area contributed by atoms with Crippen molar-refractivity contribution in [2.75, 3.05) is 13.6 Å². The molecule has 98 valence electrons. The minimum Gasteiger partial charge on any atom is -0.477 e. The molecule has 0 unspecified atom stereocenters. The number of aliphatic hydroxyl groups excluding tert-OH is 1. The third-order valence-corrected chi connectivity index (χ3v) is 2.49. The average molecular weight is 253 g/mol. The smallest absolute Gasteiger partial charge is 0.354 e. The van der Waals surface area contributed by atoms with Crippen LogP contribution in [0.25, 0.3) is 0 Å². The second kappa shape index (κ2) is 6.65. The molecule has 0 amide bonds. The van der Waals surface area contributed by atoms with Crippen molar-refractivity contribution in [2.24, 2.45) is 5.29 Å². The number of carboxylic acids is 1. The van der Waals surface area contributed by atoms with Crippen LogP contribution in [0, 0.1) is 4.91 Å². The maximum atomic E-state index is 10.6. The van der Waals surface area contributed by atoms with Crippen molar-refractivity contribution in [3.8, 4) is 0 Å². The summed E-state index contributed by atoms with van der Waals surface area (Å²) in [6.45, 7) is 0.460. The average Bonchev–Trinajstić information content (AvgIpc) is 2.38. The van der Waals surface area contributed by atoms with Gasteiger partial charge in [0, 0.05) is 19.8 Å². The molecule has 0 aromatic carbocycles. The standard InChI is InChI=1S/C11H15N3O4/c1-14(13-18)6-2-3-10(15)8-4-5-9(11(16)17)12-7-8/h4-5,7,10,15H,2-3,6H2,1H3,(H,16,17)/t10-/m0/s1. The molecule has 18 heavy (non-hydrogen) atoms. The fraction of sp³-hybridized carbons (Fsp3) is 0.455. The summed E-state index contributed by atoms with van der Waals surface area (Å²) in [5.74, 6) is -1.10. The van der Waals surface area contributed by atoms with E-state index in [9.17, 15) is 14.8 Å². The van der Waals surface area contributed by atoms with Crippen molar-refractivity contribution in [2.45, 2.75) is 18.9 Å². The van der Waals surface area contributed by atoms with Gasteiger partial charge in [-0.05, 0) is 24.5 Å². The number of carboxylic acid groups (broad SMARTS) is 1. The Labute approximate surface area is 104 Å². The molecule has 1 aromatic rings. The van der Waals surface area contributed by atoms with Crippen LogP contribution in [0.15, 0.2) is 23.6 Å².